The van der Waals surface area contributed by atoms with Crippen molar-refractivity contribution in [2.75, 3.05) is 54.9 Å². The molecule has 1 atom stereocenters. The second kappa shape index (κ2) is 12.2. The maximum atomic E-state index is 16.5. The Kier molecular flexibility index (Phi) is 8.45. The van der Waals surface area contributed by atoms with Crippen molar-refractivity contribution < 1.29 is 22.4 Å². The van der Waals surface area contributed by atoms with Gasteiger partial charge in [0.25, 0.3) is 12.3 Å². The van der Waals surface area contributed by atoms with Crippen LogP contribution in [0, 0.1) is 23.0 Å². The van der Waals surface area contributed by atoms with Crippen molar-refractivity contribution in [3.63, 3.8) is 0 Å². The van der Waals surface area contributed by atoms with Crippen molar-refractivity contribution in [1.29, 1.82) is 5.26 Å². The number of halogens is 4. The summed E-state index contributed by atoms with van der Waals surface area (Å²) in [4.78, 5) is 40.8. The third-order valence-corrected chi connectivity index (χ3v) is 7.71. The molecular weight excluding hydrogens is 568 g/mol. The summed E-state index contributed by atoms with van der Waals surface area (Å²) in [7, 11) is 1.93. The molecule has 0 saturated carbocycles. The number of aromatic amines is 1. The van der Waals surface area contributed by atoms with Crippen LogP contribution in [0.1, 0.15) is 47.1 Å². The molecular formula is C29H28F4N8O2. The average Bonchev–Trinajstić information content (AvgIpc) is 3.00. The topological polar surface area (TPSA) is 121 Å². The Morgan fingerprint density at radius 1 is 1.21 bits per heavy atom. The lowest BCUT2D eigenvalue weighted by Crippen LogP contribution is -2.50. The smallest absolute Gasteiger partial charge is 0.264 e. The Balaban J connectivity index is 1.57. The summed E-state index contributed by atoms with van der Waals surface area (Å²) < 4.78 is 59.8. The molecule has 2 N–H and O–H groups in total. The highest BCUT2D eigenvalue weighted by Gasteiger charge is 2.31. The first-order valence-electron chi connectivity index (χ1n) is 13.5. The van der Waals surface area contributed by atoms with Crippen molar-refractivity contribution in [2.24, 2.45) is 0 Å². The summed E-state index contributed by atoms with van der Waals surface area (Å²) in [5.74, 6) is -2.65. The highest BCUT2D eigenvalue weighted by molar-refractivity contribution is 6.07. The van der Waals surface area contributed by atoms with Gasteiger partial charge in [0.1, 0.15) is 23.4 Å². The molecule has 0 bridgehead atoms. The molecule has 1 aromatic carbocycles. The van der Waals surface area contributed by atoms with E-state index >= 15 is 8.78 Å². The van der Waals surface area contributed by atoms with Crippen molar-refractivity contribution >= 4 is 28.7 Å². The zero-order chi connectivity index (χ0) is 30.8. The zero-order valence-corrected chi connectivity index (χ0v) is 23.4. The third-order valence-electron chi connectivity index (χ3n) is 7.71. The van der Waals surface area contributed by atoms with Crippen molar-refractivity contribution in [1.82, 2.24) is 19.9 Å². The van der Waals surface area contributed by atoms with Gasteiger partial charge in [-0.3, -0.25) is 9.59 Å². The van der Waals surface area contributed by atoms with Gasteiger partial charge in [-0.25, -0.2) is 27.5 Å². The lowest BCUT2D eigenvalue weighted by Gasteiger charge is -2.40. The van der Waals surface area contributed by atoms with E-state index in [4.69, 9.17) is 5.26 Å². The number of nitrogens with zero attached hydrogens (tertiary/aromatic N) is 6. The minimum atomic E-state index is -3.14. The van der Waals surface area contributed by atoms with Crippen LogP contribution in [0.15, 0.2) is 41.5 Å². The molecule has 5 rings (SSSR count). The number of rotatable bonds is 6. The number of hydrogen-bond donors (Lipinski definition) is 2. The lowest BCUT2D eigenvalue weighted by atomic mass is 9.97. The number of H-pyrrole nitrogens is 1. The van der Waals surface area contributed by atoms with E-state index in [0.717, 1.165) is 12.3 Å². The molecule has 14 heteroatoms. The fourth-order valence-corrected chi connectivity index (χ4v) is 5.28. The van der Waals surface area contributed by atoms with Gasteiger partial charge in [-0.05, 0) is 32.0 Å². The number of carbonyl (C=O) groups excluding carboxylic acids is 1. The largest absolute Gasteiger partial charge is 0.367 e. The van der Waals surface area contributed by atoms with Crippen LogP contribution in [0.25, 0.3) is 5.57 Å². The Morgan fingerprint density at radius 3 is 2.72 bits per heavy atom. The number of nitrogens with one attached hydrogen (secondary N) is 2. The Bertz CT molecular complexity index is 1690. The predicted molar refractivity (Wildman–Crippen MR) is 152 cm³/mol. The number of amides is 1. The van der Waals surface area contributed by atoms with Crippen LogP contribution < -0.4 is 20.7 Å². The minimum Gasteiger partial charge on any atom is -0.367 e. The number of aromatic nitrogens is 3. The van der Waals surface area contributed by atoms with E-state index in [1.165, 1.54) is 6.20 Å². The molecule has 0 aliphatic carbocycles. The number of piperazine rings is 1. The van der Waals surface area contributed by atoms with E-state index in [9.17, 15) is 18.4 Å². The van der Waals surface area contributed by atoms with Crippen LogP contribution in [0.5, 0.6) is 0 Å². The Labute approximate surface area is 244 Å². The lowest BCUT2D eigenvalue weighted by molar-refractivity contribution is 0.101. The van der Waals surface area contributed by atoms with Crippen LogP contribution in [-0.2, 0) is 0 Å². The number of anilines is 3. The average molecular weight is 597 g/mol. The molecule has 10 nitrogen and oxygen atoms in total. The third kappa shape index (κ3) is 6.07. The summed E-state index contributed by atoms with van der Waals surface area (Å²) in [6, 6.07) is 5.23. The second-order valence-electron chi connectivity index (χ2n) is 10.4. The van der Waals surface area contributed by atoms with E-state index in [1.807, 2.05) is 20.0 Å². The van der Waals surface area contributed by atoms with Crippen LogP contribution in [-0.4, -0.2) is 71.6 Å². The van der Waals surface area contributed by atoms with Gasteiger partial charge in [0, 0.05) is 68.9 Å². The van der Waals surface area contributed by atoms with Gasteiger partial charge >= 0.3 is 0 Å². The Hall–Kier alpha value is -4.77. The molecule has 1 fully saturated rings. The maximum Gasteiger partial charge on any atom is 0.264 e. The van der Waals surface area contributed by atoms with E-state index in [1.54, 1.807) is 21.9 Å². The van der Waals surface area contributed by atoms with E-state index in [0.29, 0.717) is 44.5 Å². The number of benzene rings is 1. The van der Waals surface area contributed by atoms with Gasteiger partial charge < -0.3 is 25.0 Å². The van der Waals surface area contributed by atoms with E-state index in [2.05, 4.69) is 25.2 Å². The first-order valence-corrected chi connectivity index (χ1v) is 13.5. The SMILES string of the molecule is C[C@H]1CN(c2cc(F)c(C3=CCCN(c4ccnc(C#N)n4)C3)c(F)c2NC(=O)c2c[nH]c(=O)cc2C(F)F)CCN1C. The predicted octanol–water partition coefficient (Wildman–Crippen LogP) is 3.94. The Morgan fingerprint density at radius 2 is 2.00 bits per heavy atom. The van der Waals surface area contributed by atoms with Crippen LogP contribution in [0.4, 0.5) is 34.8 Å². The van der Waals surface area contributed by atoms with Gasteiger partial charge in [0.15, 0.2) is 5.82 Å². The summed E-state index contributed by atoms with van der Waals surface area (Å²) in [5.41, 5.74) is -2.58. The molecule has 4 heterocycles. The van der Waals surface area contributed by atoms with Crippen molar-refractivity contribution in [3.05, 3.63) is 81.2 Å². The number of likely N-dealkylation sites (N-methyl/N-ethyl adjacent to an activating group) is 1. The normalized spacial score (nSPS) is 17.5. The molecule has 43 heavy (non-hydrogen) atoms. The second-order valence-corrected chi connectivity index (χ2v) is 10.4. The molecule has 1 amide bonds. The first kappa shape index (κ1) is 29.7. The zero-order valence-electron chi connectivity index (χ0n) is 23.4. The number of alkyl halides is 2. The van der Waals surface area contributed by atoms with Gasteiger partial charge in [-0.15, -0.1) is 0 Å². The fraction of sp³-hybridized carbons (Fsp3) is 0.345. The van der Waals surface area contributed by atoms with Crippen LogP contribution in [0.2, 0.25) is 0 Å². The molecule has 0 unspecified atom stereocenters. The molecule has 2 aromatic heterocycles. The summed E-state index contributed by atoms with van der Waals surface area (Å²) in [5, 5.41) is 11.6. The summed E-state index contributed by atoms with van der Waals surface area (Å²) in [6.45, 7) is 3.84. The molecule has 0 spiro atoms. The number of nitriles is 1. The summed E-state index contributed by atoms with van der Waals surface area (Å²) >= 11 is 0. The number of pyridine rings is 1. The van der Waals surface area contributed by atoms with E-state index in [-0.39, 0.29) is 40.9 Å². The maximum absolute atomic E-state index is 16.5. The minimum absolute atomic E-state index is 0.0218. The van der Waals surface area contributed by atoms with Crippen molar-refractivity contribution in [3.8, 4) is 6.07 Å². The van der Waals surface area contributed by atoms with Gasteiger partial charge in [0.2, 0.25) is 11.4 Å². The highest BCUT2D eigenvalue weighted by Crippen LogP contribution is 2.39. The molecule has 3 aromatic rings. The molecule has 2 aliphatic heterocycles. The van der Waals surface area contributed by atoms with E-state index < -0.39 is 40.7 Å². The number of hydrogen-bond acceptors (Lipinski definition) is 8. The fourth-order valence-electron chi connectivity index (χ4n) is 5.28. The molecule has 224 valence electrons. The molecule has 1 saturated heterocycles. The van der Waals surface area contributed by atoms with Crippen LogP contribution >= 0.6 is 0 Å². The standard InChI is InChI=1S/C29H28F4N8O2/c1-16-14-40(9-8-39(16)2)21-11-20(30)25(17-4-3-7-41(15-17)23-5-6-35-22(12-34)37-23)26(31)27(21)38-29(43)19-13-36-24(42)10-18(19)28(32)33/h4-6,10-11,13,16,28H,3,7-9,14-15H2,1-2H3,(H,36,42)(H,38,43)/t16-/m0/s1. The number of carbonyl (C=O) groups is 1. The monoisotopic (exact) mass is 596 g/mol. The van der Waals surface area contributed by atoms with Crippen LogP contribution in [0.3, 0.4) is 0 Å². The van der Waals surface area contributed by atoms with Gasteiger partial charge in [-0.2, -0.15) is 5.26 Å². The quantitative estimate of drug-likeness (QED) is 0.411. The van der Waals surface area contributed by atoms with Gasteiger partial charge in [0.05, 0.1) is 16.8 Å². The van der Waals surface area contributed by atoms with Gasteiger partial charge in [-0.1, -0.05) is 6.08 Å². The molecule has 2 aliphatic rings. The van der Waals surface area contributed by atoms with Crippen molar-refractivity contribution in [2.45, 2.75) is 25.8 Å². The summed E-state index contributed by atoms with van der Waals surface area (Å²) in [6.07, 6.45) is 1.22. The first-order chi connectivity index (χ1) is 20.6. The molecule has 0 radical (unpaired) electrons. The highest BCUT2D eigenvalue weighted by atomic mass is 19.3.